The van der Waals surface area contributed by atoms with E-state index in [9.17, 15) is 46.8 Å². The van der Waals surface area contributed by atoms with E-state index in [1.165, 1.54) is 21.6 Å². The average molecular weight is 918 g/mol. The molecule has 1 unspecified atom stereocenters. The van der Waals surface area contributed by atoms with E-state index in [1.807, 2.05) is 18.2 Å². The zero-order chi connectivity index (χ0) is 46.7. The number of piperidine rings is 1. The van der Waals surface area contributed by atoms with Crippen molar-refractivity contribution in [1.82, 2.24) is 34.9 Å². The second-order valence-corrected chi connectivity index (χ2v) is 20.2. The molecule has 3 aliphatic heterocycles. The highest BCUT2D eigenvalue weighted by molar-refractivity contribution is 7.90. The summed E-state index contributed by atoms with van der Waals surface area (Å²) in [7, 11) is -1.72. The number of aryl methyl sites for hydroxylation is 1. The van der Waals surface area contributed by atoms with Gasteiger partial charge in [-0.2, -0.15) is 0 Å². The number of carbonyl (C=O) groups excluding carboxylic acids is 7. The van der Waals surface area contributed by atoms with Gasteiger partial charge in [-0.1, -0.05) is 18.2 Å². The lowest BCUT2D eigenvalue weighted by atomic mass is 9.78. The third-order valence-corrected chi connectivity index (χ3v) is 14.8. The molecule has 4 heterocycles. The predicted octanol–water partition coefficient (Wildman–Crippen LogP) is 0.446. The lowest BCUT2D eigenvalue weighted by molar-refractivity contribution is -0.145. The molecule has 2 aromatic carbocycles. The van der Waals surface area contributed by atoms with Crippen molar-refractivity contribution in [3.63, 3.8) is 0 Å². The van der Waals surface area contributed by atoms with E-state index < -0.39 is 63.5 Å². The Labute approximate surface area is 376 Å². The Balaban J connectivity index is 0.901. The Kier molecular flexibility index (Phi) is 14.3. The molecule has 4 aliphatic rings. The second-order valence-electron chi connectivity index (χ2n) is 18.2. The normalized spacial score (nSPS) is 24.4. The maximum Gasteiger partial charge on any atom is 0.329 e. The highest BCUT2D eigenvalue weighted by atomic mass is 32.2. The molecule has 1 saturated carbocycles. The molecule has 0 bridgehead atoms. The zero-order valence-electron chi connectivity index (χ0n) is 36.8. The summed E-state index contributed by atoms with van der Waals surface area (Å²) in [5, 5.41) is 7.79. The van der Waals surface area contributed by atoms with Gasteiger partial charge in [0.15, 0.2) is 9.84 Å². The molecule has 0 spiro atoms. The molecule has 65 heavy (non-hydrogen) atoms. The van der Waals surface area contributed by atoms with Gasteiger partial charge >= 0.3 is 5.69 Å². The number of amides is 7. The SMILES string of the molecule is Cn1c(=O)n(C2CCC(=O)NC2=O)c2ccc(CC3CCC(CC(=O)N4CC[C@H]5CC[C@@H](C(=O)N[C@@H](CCC(N)=O)C(=O)NCc6ccc(S(C)(=O)=O)cc6)N5C(=O)[C@@H](N)C4)CC3)cc21. The first kappa shape index (κ1) is 47.1. The van der Waals surface area contributed by atoms with Gasteiger partial charge in [0.25, 0.3) is 0 Å². The van der Waals surface area contributed by atoms with Crippen LogP contribution in [0.5, 0.6) is 0 Å². The number of nitrogens with zero attached hydrogens (tertiary/aromatic N) is 4. The Bertz CT molecular complexity index is 2530. The smallest absolute Gasteiger partial charge is 0.329 e. The fourth-order valence-corrected chi connectivity index (χ4v) is 10.6. The van der Waals surface area contributed by atoms with E-state index in [4.69, 9.17) is 11.5 Å². The quantitative estimate of drug-likeness (QED) is 0.139. The summed E-state index contributed by atoms with van der Waals surface area (Å²) in [6.45, 7) is 0.411. The fraction of sp³-hybridized carbons (Fsp3) is 0.556. The highest BCUT2D eigenvalue weighted by Crippen LogP contribution is 2.35. The number of hydrogen-bond acceptors (Lipinski definition) is 11. The number of carbonyl (C=O) groups is 7. The average Bonchev–Trinajstić information content (AvgIpc) is 3.79. The molecule has 5 atom stereocenters. The Morgan fingerprint density at radius 2 is 1.57 bits per heavy atom. The van der Waals surface area contributed by atoms with Crippen LogP contribution in [0.1, 0.15) is 94.2 Å². The molecule has 350 valence electrons. The van der Waals surface area contributed by atoms with Crippen LogP contribution in [0.25, 0.3) is 11.0 Å². The highest BCUT2D eigenvalue weighted by Gasteiger charge is 2.45. The molecule has 3 aromatic rings. The molecule has 1 aromatic heterocycles. The van der Waals surface area contributed by atoms with E-state index in [0.717, 1.165) is 49.4 Å². The summed E-state index contributed by atoms with van der Waals surface area (Å²) in [6.07, 6.45) is 7.30. The minimum Gasteiger partial charge on any atom is -0.370 e. The first-order valence-electron chi connectivity index (χ1n) is 22.4. The van der Waals surface area contributed by atoms with Crippen LogP contribution in [0.2, 0.25) is 0 Å². The number of fused-ring (bicyclic) bond motifs is 2. The van der Waals surface area contributed by atoms with Gasteiger partial charge in [-0.25, -0.2) is 13.2 Å². The van der Waals surface area contributed by atoms with Crippen LogP contribution in [0.3, 0.4) is 0 Å². The summed E-state index contributed by atoms with van der Waals surface area (Å²) in [4.78, 5) is 107. The van der Waals surface area contributed by atoms with Gasteiger partial charge in [-0.05, 0) is 111 Å². The largest absolute Gasteiger partial charge is 0.370 e. The standard InChI is InChI=1S/C45H59N9O10S/c1-51-37-22-29(9-14-34(37)54(45(51)62)36-16-18-39(56)50-43(36)60)21-26-3-5-27(6-4-26)23-40(57)52-20-19-30-10-15-35(53(30)44(61)32(46)25-52)42(59)49-33(13-17-38(47)55)41(58)48-24-28-7-11-31(12-8-28)65(2,63)64/h7-9,11-12,14,22,26-27,30,32-33,35-36H,3-6,10,13,15-21,23-25,46H2,1-2H3,(H2,47,55)(H,48,58)(H,49,59)(H,50,56,60)/t26?,27?,30-,32+,33+,35+,36?/m1/s1. The van der Waals surface area contributed by atoms with E-state index in [-0.39, 0.29) is 73.1 Å². The minimum absolute atomic E-state index is 0.00955. The molecule has 3 saturated heterocycles. The monoisotopic (exact) mass is 917 g/mol. The Morgan fingerprint density at radius 1 is 0.877 bits per heavy atom. The first-order chi connectivity index (χ1) is 30.9. The summed E-state index contributed by atoms with van der Waals surface area (Å²) in [6, 6.07) is 7.66. The van der Waals surface area contributed by atoms with Crippen LogP contribution < -0.4 is 33.1 Å². The van der Waals surface area contributed by atoms with Gasteiger partial charge < -0.3 is 31.9 Å². The maximum atomic E-state index is 13.9. The molecule has 20 heteroatoms. The van der Waals surface area contributed by atoms with Crippen LogP contribution in [-0.4, -0.2) is 112 Å². The predicted molar refractivity (Wildman–Crippen MR) is 237 cm³/mol. The van der Waals surface area contributed by atoms with Gasteiger partial charge in [-0.3, -0.25) is 48.0 Å². The summed E-state index contributed by atoms with van der Waals surface area (Å²) in [5.74, 6) is -2.54. The van der Waals surface area contributed by atoms with Gasteiger partial charge in [0.05, 0.1) is 15.9 Å². The molecule has 1 aliphatic carbocycles. The maximum absolute atomic E-state index is 13.9. The Hall–Kier alpha value is -5.89. The minimum atomic E-state index is -3.40. The zero-order valence-corrected chi connectivity index (χ0v) is 37.6. The van der Waals surface area contributed by atoms with Crippen LogP contribution in [0, 0.1) is 11.8 Å². The molecule has 7 amide bonds. The van der Waals surface area contributed by atoms with Crippen molar-refractivity contribution in [3.8, 4) is 0 Å². The third kappa shape index (κ3) is 10.8. The van der Waals surface area contributed by atoms with E-state index in [2.05, 4.69) is 16.0 Å². The first-order valence-corrected chi connectivity index (χ1v) is 24.3. The van der Waals surface area contributed by atoms with Crippen molar-refractivity contribution in [2.75, 3.05) is 19.3 Å². The number of nitrogens with one attached hydrogen (secondary N) is 3. The van der Waals surface area contributed by atoms with Crippen LogP contribution in [-0.2, 0) is 63.4 Å². The Morgan fingerprint density at radius 3 is 2.25 bits per heavy atom. The number of aromatic nitrogens is 2. The number of nitrogens with two attached hydrogens (primary N) is 2. The fourth-order valence-electron chi connectivity index (χ4n) is 9.99. The van der Waals surface area contributed by atoms with E-state index in [0.29, 0.717) is 49.2 Å². The summed E-state index contributed by atoms with van der Waals surface area (Å²) in [5.41, 5.74) is 14.6. The van der Waals surface area contributed by atoms with Crippen LogP contribution in [0.4, 0.5) is 0 Å². The van der Waals surface area contributed by atoms with E-state index in [1.54, 1.807) is 28.6 Å². The number of rotatable bonds is 14. The number of imidazole rings is 1. The van der Waals surface area contributed by atoms with E-state index >= 15 is 0 Å². The van der Waals surface area contributed by atoms with Crippen molar-refractivity contribution < 1.29 is 42.0 Å². The van der Waals surface area contributed by atoms with Crippen molar-refractivity contribution in [1.29, 1.82) is 0 Å². The summed E-state index contributed by atoms with van der Waals surface area (Å²) < 4.78 is 26.7. The topological polar surface area (TPSA) is 275 Å². The number of imide groups is 1. The molecule has 7 rings (SSSR count). The lowest BCUT2D eigenvalue weighted by Crippen LogP contribution is -2.60. The number of benzene rings is 2. The van der Waals surface area contributed by atoms with Crippen molar-refractivity contribution >= 4 is 62.2 Å². The van der Waals surface area contributed by atoms with Gasteiger partial charge in [-0.15, -0.1) is 0 Å². The van der Waals surface area contributed by atoms with Gasteiger partial charge in [0, 0.05) is 58.2 Å². The number of primary amides is 1. The summed E-state index contributed by atoms with van der Waals surface area (Å²) >= 11 is 0. The molecule has 4 fully saturated rings. The molecular weight excluding hydrogens is 859 g/mol. The van der Waals surface area contributed by atoms with Crippen molar-refractivity contribution in [2.24, 2.45) is 30.4 Å². The number of sulfone groups is 1. The molecule has 7 N–H and O–H groups in total. The number of hydrogen-bond donors (Lipinski definition) is 5. The van der Waals surface area contributed by atoms with Crippen LogP contribution >= 0.6 is 0 Å². The molecule has 19 nitrogen and oxygen atoms in total. The van der Waals surface area contributed by atoms with Crippen molar-refractivity contribution in [2.45, 2.75) is 125 Å². The third-order valence-electron chi connectivity index (χ3n) is 13.6. The van der Waals surface area contributed by atoms with Crippen molar-refractivity contribution in [3.05, 3.63) is 64.1 Å². The van der Waals surface area contributed by atoms with Gasteiger partial charge in [0.2, 0.25) is 41.4 Å². The van der Waals surface area contributed by atoms with Gasteiger partial charge in [0.1, 0.15) is 24.2 Å². The van der Waals surface area contributed by atoms with Crippen LogP contribution in [0.15, 0.2) is 52.2 Å². The molecular formula is C45H59N9O10S. The second kappa shape index (κ2) is 19.7. The molecule has 0 radical (unpaired) electrons. The lowest BCUT2D eigenvalue weighted by Gasteiger charge is -2.38.